The predicted octanol–water partition coefficient (Wildman–Crippen LogP) is 3.40. The van der Waals surface area contributed by atoms with Gasteiger partial charge < -0.3 is 5.32 Å². The predicted molar refractivity (Wildman–Crippen MR) is 98.3 cm³/mol. The highest BCUT2D eigenvalue weighted by Crippen LogP contribution is 2.43. The molecule has 0 aliphatic carbocycles. The van der Waals surface area contributed by atoms with Gasteiger partial charge in [0.05, 0.1) is 16.7 Å². The number of halogens is 1. The molecular formula is C17H14ClN5OS. The van der Waals surface area contributed by atoms with Crippen molar-refractivity contribution in [2.24, 2.45) is 0 Å². The number of benzene rings is 1. The third kappa shape index (κ3) is 3.01. The summed E-state index contributed by atoms with van der Waals surface area (Å²) in [6.45, 7) is 1.92. The average Bonchev–Trinajstić information content (AvgIpc) is 2.82. The second kappa shape index (κ2) is 6.50. The Bertz CT molecular complexity index is 943. The second-order valence-electron chi connectivity index (χ2n) is 5.60. The molecule has 25 heavy (non-hydrogen) atoms. The first-order chi connectivity index (χ1) is 12.1. The molecule has 1 aliphatic rings. The van der Waals surface area contributed by atoms with Crippen molar-refractivity contribution in [3.63, 3.8) is 0 Å². The molecule has 0 bridgehead atoms. The lowest BCUT2D eigenvalue weighted by molar-refractivity contribution is -0.113. The maximum atomic E-state index is 12.2. The summed E-state index contributed by atoms with van der Waals surface area (Å²) < 4.78 is 1.59. The molecule has 4 rings (SSSR count). The van der Waals surface area contributed by atoms with E-state index in [1.54, 1.807) is 34.9 Å². The van der Waals surface area contributed by atoms with Crippen LogP contribution in [-0.4, -0.2) is 31.4 Å². The summed E-state index contributed by atoms with van der Waals surface area (Å²) in [5.41, 5.74) is 2.81. The van der Waals surface area contributed by atoms with E-state index >= 15 is 0 Å². The minimum atomic E-state index is -0.0761. The fourth-order valence-electron chi connectivity index (χ4n) is 2.86. The smallest absolute Gasteiger partial charge is 0.252 e. The van der Waals surface area contributed by atoms with Crippen LogP contribution in [0.15, 0.2) is 42.7 Å². The summed E-state index contributed by atoms with van der Waals surface area (Å²) in [4.78, 5) is 20.7. The number of nitrogens with one attached hydrogen (secondary N) is 1. The first-order valence-electron chi connectivity index (χ1n) is 7.67. The molecule has 2 aromatic heterocycles. The molecule has 0 fully saturated rings. The van der Waals surface area contributed by atoms with Gasteiger partial charge in [0.15, 0.2) is 0 Å². The maximum Gasteiger partial charge on any atom is 0.252 e. The molecule has 8 heteroatoms. The molecule has 1 amide bonds. The SMILES string of the molecule is Cc1nn(-c2ncccn2)c2c1[C@@H](c1cccc(Cl)c1)SCC(=O)N2. The highest BCUT2D eigenvalue weighted by Gasteiger charge is 2.31. The fourth-order valence-corrected chi connectivity index (χ4v) is 4.24. The van der Waals surface area contributed by atoms with Crippen molar-refractivity contribution in [2.45, 2.75) is 12.2 Å². The zero-order valence-electron chi connectivity index (χ0n) is 13.3. The van der Waals surface area contributed by atoms with Crippen LogP contribution in [0.2, 0.25) is 5.02 Å². The van der Waals surface area contributed by atoms with Gasteiger partial charge >= 0.3 is 0 Å². The lowest BCUT2D eigenvalue weighted by Gasteiger charge is -2.15. The van der Waals surface area contributed by atoms with Crippen LogP contribution >= 0.6 is 23.4 Å². The molecule has 1 aliphatic heterocycles. The summed E-state index contributed by atoms with van der Waals surface area (Å²) in [6, 6.07) is 9.43. The van der Waals surface area contributed by atoms with Crippen molar-refractivity contribution in [3.8, 4) is 5.95 Å². The molecule has 126 valence electrons. The number of carbonyl (C=O) groups excluding carboxylic acids is 1. The van der Waals surface area contributed by atoms with Gasteiger partial charge in [0.25, 0.3) is 5.95 Å². The zero-order valence-corrected chi connectivity index (χ0v) is 14.9. The molecule has 0 saturated heterocycles. The summed E-state index contributed by atoms with van der Waals surface area (Å²) in [5, 5.41) is 8.14. The number of aryl methyl sites for hydroxylation is 1. The van der Waals surface area contributed by atoms with Crippen molar-refractivity contribution in [1.29, 1.82) is 0 Å². The highest BCUT2D eigenvalue weighted by molar-refractivity contribution is 8.00. The van der Waals surface area contributed by atoms with E-state index in [1.165, 1.54) is 0 Å². The third-order valence-corrected chi connectivity index (χ3v) is 5.41. The van der Waals surface area contributed by atoms with Crippen molar-refractivity contribution in [2.75, 3.05) is 11.1 Å². The molecular weight excluding hydrogens is 358 g/mol. The molecule has 0 saturated carbocycles. The number of amides is 1. The van der Waals surface area contributed by atoms with E-state index in [1.807, 2.05) is 31.2 Å². The Morgan fingerprint density at radius 1 is 1.28 bits per heavy atom. The maximum absolute atomic E-state index is 12.2. The van der Waals surface area contributed by atoms with Gasteiger partial charge in [0.2, 0.25) is 5.91 Å². The van der Waals surface area contributed by atoms with Crippen molar-refractivity contribution < 1.29 is 4.79 Å². The van der Waals surface area contributed by atoms with Crippen LogP contribution in [0.5, 0.6) is 0 Å². The van der Waals surface area contributed by atoms with Gasteiger partial charge in [-0.3, -0.25) is 4.79 Å². The molecule has 0 unspecified atom stereocenters. The molecule has 3 heterocycles. The minimum Gasteiger partial charge on any atom is -0.309 e. The fraction of sp³-hybridized carbons (Fsp3) is 0.176. The van der Waals surface area contributed by atoms with Gasteiger partial charge in [-0.05, 0) is 30.7 Å². The zero-order chi connectivity index (χ0) is 17.4. The van der Waals surface area contributed by atoms with Crippen LogP contribution in [0.25, 0.3) is 5.95 Å². The Balaban J connectivity index is 1.90. The van der Waals surface area contributed by atoms with Crippen LogP contribution in [-0.2, 0) is 4.79 Å². The minimum absolute atomic E-state index is 0.0508. The van der Waals surface area contributed by atoms with Gasteiger partial charge in [0.1, 0.15) is 5.82 Å². The number of hydrogen-bond acceptors (Lipinski definition) is 5. The van der Waals surface area contributed by atoms with Crippen LogP contribution in [0.1, 0.15) is 22.1 Å². The van der Waals surface area contributed by atoms with E-state index in [2.05, 4.69) is 20.4 Å². The van der Waals surface area contributed by atoms with E-state index in [9.17, 15) is 4.79 Å². The second-order valence-corrected chi connectivity index (χ2v) is 7.13. The Morgan fingerprint density at radius 2 is 2.08 bits per heavy atom. The number of rotatable bonds is 2. The van der Waals surface area contributed by atoms with Crippen LogP contribution in [0.4, 0.5) is 5.82 Å². The number of aromatic nitrogens is 4. The van der Waals surface area contributed by atoms with Crippen LogP contribution in [0.3, 0.4) is 0 Å². The summed E-state index contributed by atoms with van der Waals surface area (Å²) >= 11 is 7.72. The first kappa shape index (κ1) is 16.1. The standard InChI is InChI=1S/C17H14ClN5OS/c1-10-14-15(11-4-2-5-12(18)8-11)25-9-13(24)21-16(14)23(22-10)17-19-6-3-7-20-17/h2-8,15H,9H2,1H3,(H,21,24)/t15-/m1/s1. The van der Waals surface area contributed by atoms with Gasteiger partial charge in [0, 0.05) is 23.0 Å². The number of thioether (sulfide) groups is 1. The molecule has 6 nitrogen and oxygen atoms in total. The lowest BCUT2D eigenvalue weighted by atomic mass is 10.0. The Morgan fingerprint density at radius 3 is 2.84 bits per heavy atom. The summed E-state index contributed by atoms with van der Waals surface area (Å²) in [5.74, 6) is 1.31. The number of nitrogens with zero attached hydrogens (tertiary/aromatic N) is 4. The topological polar surface area (TPSA) is 72.7 Å². The van der Waals surface area contributed by atoms with E-state index in [0.717, 1.165) is 16.8 Å². The third-order valence-electron chi connectivity index (χ3n) is 3.90. The normalized spacial score (nSPS) is 16.9. The largest absolute Gasteiger partial charge is 0.309 e. The summed E-state index contributed by atoms with van der Waals surface area (Å²) in [7, 11) is 0. The molecule has 0 spiro atoms. The van der Waals surface area contributed by atoms with Gasteiger partial charge in [-0.1, -0.05) is 23.7 Å². The first-order valence-corrected chi connectivity index (χ1v) is 9.10. The Kier molecular flexibility index (Phi) is 4.19. The van der Waals surface area contributed by atoms with Gasteiger partial charge in [-0.2, -0.15) is 9.78 Å². The molecule has 1 aromatic carbocycles. The Labute approximate surface area is 153 Å². The lowest BCUT2D eigenvalue weighted by Crippen LogP contribution is -2.16. The van der Waals surface area contributed by atoms with Crippen LogP contribution in [0, 0.1) is 6.92 Å². The summed E-state index contributed by atoms with van der Waals surface area (Å²) in [6.07, 6.45) is 3.29. The van der Waals surface area contributed by atoms with Gasteiger partial charge in [-0.25, -0.2) is 9.97 Å². The molecule has 1 N–H and O–H groups in total. The molecule has 3 aromatic rings. The molecule has 1 atom stereocenters. The number of hydrogen-bond donors (Lipinski definition) is 1. The quantitative estimate of drug-likeness (QED) is 0.747. The van der Waals surface area contributed by atoms with Crippen LogP contribution < -0.4 is 5.32 Å². The van der Waals surface area contributed by atoms with Crippen molar-refractivity contribution in [1.82, 2.24) is 19.7 Å². The number of fused-ring (bicyclic) bond motifs is 1. The van der Waals surface area contributed by atoms with E-state index < -0.39 is 0 Å². The highest BCUT2D eigenvalue weighted by atomic mass is 35.5. The number of carbonyl (C=O) groups is 1. The van der Waals surface area contributed by atoms with E-state index in [-0.39, 0.29) is 11.2 Å². The monoisotopic (exact) mass is 371 g/mol. The van der Waals surface area contributed by atoms with Crippen molar-refractivity contribution in [3.05, 3.63) is 64.6 Å². The Hall–Kier alpha value is -2.38. The van der Waals surface area contributed by atoms with Gasteiger partial charge in [-0.15, -0.1) is 11.8 Å². The average molecular weight is 372 g/mol. The van der Waals surface area contributed by atoms with Crippen molar-refractivity contribution >= 4 is 35.1 Å². The number of anilines is 1. The van der Waals surface area contributed by atoms with E-state index in [0.29, 0.717) is 22.5 Å². The molecule has 0 radical (unpaired) electrons. The van der Waals surface area contributed by atoms with E-state index in [4.69, 9.17) is 11.6 Å².